The Hall–Kier alpha value is -1.72. The van der Waals surface area contributed by atoms with Crippen LogP contribution in [0.5, 0.6) is 0 Å². The van der Waals surface area contributed by atoms with E-state index in [1.807, 2.05) is 26.0 Å². The van der Waals surface area contributed by atoms with Crippen LogP contribution in [0.1, 0.15) is 39.5 Å². The fraction of sp³-hybridized carbons (Fsp3) is 0.412. The van der Waals surface area contributed by atoms with E-state index in [0.717, 1.165) is 41.5 Å². The largest absolute Gasteiger partial charge is 0.325 e. The summed E-state index contributed by atoms with van der Waals surface area (Å²) in [7, 11) is 0. The first-order valence-electron chi connectivity index (χ1n) is 7.62. The smallest absolute Gasteiger partial charge is 0.234 e. The number of nitrogens with zero attached hydrogens (tertiary/aromatic N) is 1. The van der Waals surface area contributed by atoms with Crippen molar-refractivity contribution >= 4 is 22.9 Å². The maximum atomic E-state index is 12.5. The van der Waals surface area contributed by atoms with Crippen molar-refractivity contribution in [3.63, 3.8) is 0 Å². The molecule has 116 valence electrons. The molecule has 1 aliphatic heterocycles. The van der Waals surface area contributed by atoms with Crippen molar-refractivity contribution in [1.29, 1.82) is 0 Å². The number of hydrogen-bond acceptors (Lipinski definition) is 4. The Labute approximate surface area is 135 Å². The van der Waals surface area contributed by atoms with E-state index in [2.05, 4.69) is 28.6 Å². The summed E-state index contributed by atoms with van der Waals surface area (Å²) in [6, 6.07) is 5.97. The first kappa shape index (κ1) is 15.2. The maximum Gasteiger partial charge on any atom is 0.234 e. The number of fused-ring (bicyclic) bond motifs is 1. The molecule has 4 nitrogen and oxygen atoms in total. The fourth-order valence-electron chi connectivity index (χ4n) is 2.57. The van der Waals surface area contributed by atoms with Crippen molar-refractivity contribution in [1.82, 2.24) is 10.3 Å². The molecule has 5 heteroatoms. The van der Waals surface area contributed by atoms with E-state index < -0.39 is 0 Å². The minimum absolute atomic E-state index is 0.00718. The fourth-order valence-corrected chi connectivity index (χ4v) is 3.70. The molecule has 2 aromatic rings. The van der Waals surface area contributed by atoms with Gasteiger partial charge in [0.25, 0.3) is 0 Å². The third-order valence-corrected chi connectivity index (χ3v) is 5.53. The molecule has 1 atom stereocenters. The third-order valence-electron chi connectivity index (χ3n) is 4.25. The summed E-state index contributed by atoms with van der Waals surface area (Å²) < 4.78 is 0. The minimum Gasteiger partial charge on any atom is -0.325 e. The molecule has 2 N–H and O–H groups in total. The van der Waals surface area contributed by atoms with E-state index in [1.54, 1.807) is 11.3 Å². The molecular weight excluding hydrogens is 294 g/mol. The number of hydrogen-bond donors (Lipinski definition) is 2. The van der Waals surface area contributed by atoms with Crippen molar-refractivity contribution < 1.29 is 4.79 Å². The van der Waals surface area contributed by atoms with E-state index in [4.69, 9.17) is 0 Å². The number of thiazole rings is 1. The van der Waals surface area contributed by atoms with Gasteiger partial charge in [-0.3, -0.25) is 4.79 Å². The van der Waals surface area contributed by atoms with Crippen LogP contribution in [0, 0.1) is 13.8 Å². The maximum absolute atomic E-state index is 12.5. The van der Waals surface area contributed by atoms with E-state index >= 15 is 0 Å². The highest BCUT2D eigenvalue weighted by Crippen LogP contribution is 2.28. The number of rotatable bonds is 3. The van der Waals surface area contributed by atoms with Crippen LogP contribution in [-0.2, 0) is 17.8 Å². The predicted molar refractivity (Wildman–Crippen MR) is 90.5 cm³/mol. The molecule has 0 aliphatic carbocycles. The van der Waals surface area contributed by atoms with Crippen LogP contribution in [0.4, 0.5) is 5.69 Å². The second-order valence-corrected chi connectivity index (χ2v) is 6.92. The molecule has 3 rings (SSSR count). The Morgan fingerprint density at radius 2 is 2.23 bits per heavy atom. The second-order valence-electron chi connectivity index (χ2n) is 5.81. The lowest BCUT2D eigenvalue weighted by molar-refractivity contribution is -0.117. The van der Waals surface area contributed by atoms with Crippen LogP contribution in [0.2, 0.25) is 0 Å². The van der Waals surface area contributed by atoms with Crippen LogP contribution < -0.4 is 10.6 Å². The zero-order valence-corrected chi connectivity index (χ0v) is 14.0. The monoisotopic (exact) mass is 315 g/mol. The summed E-state index contributed by atoms with van der Waals surface area (Å²) in [6.07, 6.45) is 0.956. The van der Waals surface area contributed by atoms with E-state index in [0.29, 0.717) is 0 Å². The summed E-state index contributed by atoms with van der Waals surface area (Å²) in [5.74, 6) is -0.219. The van der Waals surface area contributed by atoms with Gasteiger partial charge in [-0.05, 0) is 38.0 Å². The summed E-state index contributed by atoms with van der Waals surface area (Å²) >= 11 is 1.66. The molecule has 1 aromatic carbocycles. The van der Waals surface area contributed by atoms with Gasteiger partial charge in [-0.25, -0.2) is 4.98 Å². The number of aryl methyl sites for hydroxylation is 1. The second kappa shape index (κ2) is 6.18. The van der Waals surface area contributed by atoms with Crippen LogP contribution >= 0.6 is 11.3 Å². The molecule has 1 aromatic heterocycles. The van der Waals surface area contributed by atoms with Gasteiger partial charge in [-0.1, -0.05) is 12.1 Å². The van der Waals surface area contributed by atoms with Gasteiger partial charge in [0.2, 0.25) is 5.91 Å². The molecule has 0 radical (unpaired) electrons. The first-order chi connectivity index (χ1) is 10.6. The van der Waals surface area contributed by atoms with Gasteiger partial charge in [-0.2, -0.15) is 0 Å². The lowest BCUT2D eigenvalue weighted by atomic mass is 10.1. The minimum atomic E-state index is -0.226. The summed E-state index contributed by atoms with van der Waals surface area (Å²) in [5.41, 5.74) is 4.34. The SMILES string of the molecule is Cc1cccc(NC(=O)C(C)c2nc3c(s2)CNCC3)c1C. The summed E-state index contributed by atoms with van der Waals surface area (Å²) in [4.78, 5) is 18.5. The van der Waals surface area contributed by atoms with Crippen molar-refractivity contribution in [2.75, 3.05) is 11.9 Å². The Morgan fingerprint density at radius 3 is 3.00 bits per heavy atom. The molecule has 1 unspecified atom stereocenters. The van der Waals surface area contributed by atoms with Crippen molar-refractivity contribution in [2.24, 2.45) is 0 Å². The molecular formula is C17H21N3OS. The quantitative estimate of drug-likeness (QED) is 0.915. The number of anilines is 1. The Bertz CT molecular complexity index is 684. The van der Waals surface area contributed by atoms with Gasteiger partial charge in [0.1, 0.15) is 5.01 Å². The number of carbonyl (C=O) groups excluding carboxylic acids is 1. The molecule has 0 saturated heterocycles. The standard InChI is InChI=1S/C17H21N3OS/c1-10-5-4-6-13(11(10)2)19-16(21)12(3)17-20-14-7-8-18-9-15(14)22-17/h4-6,12,18H,7-9H2,1-3H3,(H,19,21). The van der Waals surface area contributed by atoms with E-state index in [1.165, 1.54) is 10.4 Å². The van der Waals surface area contributed by atoms with Crippen molar-refractivity contribution in [3.8, 4) is 0 Å². The molecule has 0 saturated carbocycles. The Balaban J connectivity index is 1.77. The highest BCUT2D eigenvalue weighted by molar-refractivity contribution is 7.12. The van der Waals surface area contributed by atoms with Gasteiger partial charge in [0, 0.05) is 30.1 Å². The van der Waals surface area contributed by atoms with Crippen LogP contribution in [0.15, 0.2) is 18.2 Å². The number of carbonyl (C=O) groups is 1. The molecule has 2 heterocycles. The lowest BCUT2D eigenvalue weighted by Gasteiger charge is -2.13. The van der Waals surface area contributed by atoms with Crippen LogP contribution in [0.25, 0.3) is 0 Å². The first-order valence-corrected chi connectivity index (χ1v) is 8.44. The van der Waals surface area contributed by atoms with Gasteiger partial charge in [0.05, 0.1) is 11.6 Å². The third kappa shape index (κ3) is 2.91. The topological polar surface area (TPSA) is 54.0 Å². The lowest BCUT2D eigenvalue weighted by Crippen LogP contribution is -2.22. The van der Waals surface area contributed by atoms with Crippen molar-refractivity contribution in [3.05, 3.63) is 44.9 Å². The molecule has 0 fully saturated rings. The zero-order chi connectivity index (χ0) is 15.7. The highest BCUT2D eigenvalue weighted by Gasteiger charge is 2.23. The number of benzene rings is 1. The predicted octanol–water partition coefficient (Wildman–Crippen LogP) is 3.15. The summed E-state index contributed by atoms with van der Waals surface area (Å²) in [5, 5.41) is 7.30. The average Bonchev–Trinajstić information content (AvgIpc) is 2.95. The Morgan fingerprint density at radius 1 is 1.41 bits per heavy atom. The van der Waals surface area contributed by atoms with Crippen LogP contribution in [0.3, 0.4) is 0 Å². The van der Waals surface area contributed by atoms with E-state index in [-0.39, 0.29) is 11.8 Å². The van der Waals surface area contributed by atoms with Gasteiger partial charge in [-0.15, -0.1) is 11.3 Å². The van der Waals surface area contributed by atoms with Crippen LogP contribution in [-0.4, -0.2) is 17.4 Å². The molecule has 1 amide bonds. The highest BCUT2D eigenvalue weighted by atomic mass is 32.1. The molecule has 0 spiro atoms. The average molecular weight is 315 g/mol. The Kier molecular flexibility index (Phi) is 4.27. The van der Waals surface area contributed by atoms with Crippen molar-refractivity contribution in [2.45, 2.75) is 39.7 Å². The number of nitrogens with one attached hydrogen (secondary N) is 2. The normalized spacial score (nSPS) is 15.2. The number of amides is 1. The molecule has 1 aliphatic rings. The zero-order valence-electron chi connectivity index (χ0n) is 13.2. The van der Waals surface area contributed by atoms with Gasteiger partial charge in [0.15, 0.2) is 0 Å². The summed E-state index contributed by atoms with van der Waals surface area (Å²) in [6.45, 7) is 7.86. The van der Waals surface area contributed by atoms with Gasteiger partial charge < -0.3 is 10.6 Å². The van der Waals surface area contributed by atoms with Gasteiger partial charge >= 0.3 is 0 Å². The van der Waals surface area contributed by atoms with E-state index in [9.17, 15) is 4.79 Å². The molecule has 0 bridgehead atoms. The number of aromatic nitrogens is 1. The molecule has 22 heavy (non-hydrogen) atoms.